The molecule has 1 aliphatic rings. The number of rotatable bonds is 11. The Balaban J connectivity index is 1.38. The summed E-state index contributed by atoms with van der Waals surface area (Å²) in [6.45, 7) is 1.79. The number of carbonyl (C=O) groups excluding carboxylic acids is 4. The van der Waals surface area contributed by atoms with Gasteiger partial charge in [-0.3, -0.25) is 10.1 Å². The van der Waals surface area contributed by atoms with Gasteiger partial charge in [0.25, 0.3) is 10.0 Å². The second kappa shape index (κ2) is 15.7. The normalized spacial score (nSPS) is 16.2. The van der Waals surface area contributed by atoms with Gasteiger partial charge in [0.15, 0.2) is 6.04 Å². The number of sulfonamides is 1. The molecule has 1 fully saturated rings. The number of alkyl carbamates (subject to hydrolysis) is 1. The molecule has 0 radical (unpaired) electrons. The van der Waals surface area contributed by atoms with Crippen molar-refractivity contribution in [3.05, 3.63) is 102 Å². The second-order valence-electron chi connectivity index (χ2n) is 10.3. The van der Waals surface area contributed by atoms with E-state index in [0.29, 0.717) is 4.31 Å². The molecule has 242 valence electrons. The maximum absolute atomic E-state index is 13.2. The summed E-state index contributed by atoms with van der Waals surface area (Å²) in [6.07, 6.45) is -1.55. The van der Waals surface area contributed by atoms with E-state index >= 15 is 0 Å². The van der Waals surface area contributed by atoms with E-state index in [1.165, 1.54) is 12.1 Å². The Labute approximate surface area is 266 Å². The summed E-state index contributed by atoms with van der Waals surface area (Å²) in [7, 11) is -3.18. The number of benzene rings is 3. The number of hydrogen-bond acceptors (Lipinski definition) is 9. The third kappa shape index (κ3) is 8.69. The van der Waals surface area contributed by atoms with Gasteiger partial charge >= 0.3 is 18.2 Å². The molecule has 0 bridgehead atoms. The number of hydrogen-bond donors (Lipinski definition) is 2. The second-order valence-corrected chi connectivity index (χ2v) is 12.1. The molecule has 3 aromatic carbocycles. The molecule has 0 aliphatic carbocycles. The van der Waals surface area contributed by atoms with Crippen molar-refractivity contribution in [3.8, 4) is 0 Å². The van der Waals surface area contributed by atoms with Crippen LogP contribution < -0.4 is 10.6 Å². The first kappa shape index (κ1) is 33.6. The van der Waals surface area contributed by atoms with Crippen LogP contribution in [0, 0.1) is 12.8 Å². The van der Waals surface area contributed by atoms with Crippen molar-refractivity contribution in [2.24, 2.45) is 10.9 Å². The average Bonchev–Trinajstić information content (AvgIpc) is 3.05. The van der Waals surface area contributed by atoms with Gasteiger partial charge in [-0.1, -0.05) is 78.4 Å². The van der Waals surface area contributed by atoms with Gasteiger partial charge in [0, 0.05) is 6.54 Å². The van der Waals surface area contributed by atoms with Crippen molar-refractivity contribution in [1.29, 1.82) is 0 Å². The Morgan fingerprint density at radius 2 is 1.46 bits per heavy atom. The van der Waals surface area contributed by atoms with Crippen LogP contribution in [0.5, 0.6) is 0 Å². The topological polar surface area (TPSA) is 170 Å². The molecule has 2 N–H and O–H groups in total. The van der Waals surface area contributed by atoms with E-state index in [2.05, 4.69) is 15.6 Å². The Kier molecular flexibility index (Phi) is 11.5. The summed E-state index contributed by atoms with van der Waals surface area (Å²) in [5.41, 5.74) is 2.31. The zero-order chi connectivity index (χ0) is 33.1. The standard InChI is InChI=1S/C32H34N4O9S/c1-22-15-17-25(18-16-22)46(41,42)36-27(29(38)43-2)26(28(36)37)14-9-19-33-30(34-31(39)44-20-23-10-5-3-6-11-23)35-32(40)45-21-24-12-7-4-8-13-24/h3-8,10-13,15-18,26-27H,9,14,19-21H2,1-2H3,(H2,33,34,35,39,40)/t26-,27+/m1/s1. The molecular formula is C32H34N4O9S. The van der Waals surface area contributed by atoms with Gasteiger partial charge < -0.3 is 19.5 Å². The number of β-lactam (4-membered cyclic amide) rings is 1. The molecule has 3 amide bonds. The monoisotopic (exact) mass is 650 g/mol. The van der Waals surface area contributed by atoms with Crippen molar-refractivity contribution >= 4 is 40.0 Å². The van der Waals surface area contributed by atoms with Gasteiger partial charge in [-0.2, -0.15) is 0 Å². The summed E-state index contributed by atoms with van der Waals surface area (Å²) in [6, 6.07) is 22.5. The Morgan fingerprint density at radius 3 is 2.04 bits per heavy atom. The van der Waals surface area contributed by atoms with Crippen LogP contribution in [0.1, 0.15) is 29.5 Å². The molecule has 0 unspecified atom stereocenters. The molecule has 1 saturated heterocycles. The summed E-state index contributed by atoms with van der Waals surface area (Å²) in [4.78, 5) is 54.2. The minimum Gasteiger partial charge on any atom is -0.467 e. The minimum atomic E-state index is -4.29. The number of amides is 3. The molecule has 1 heterocycles. The molecule has 2 atom stereocenters. The van der Waals surface area contributed by atoms with Gasteiger partial charge in [-0.25, -0.2) is 27.1 Å². The molecule has 0 spiro atoms. The lowest BCUT2D eigenvalue weighted by molar-refractivity contribution is -0.165. The third-order valence-electron chi connectivity index (χ3n) is 7.01. The van der Waals surface area contributed by atoms with Crippen molar-refractivity contribution in [2.75, 3.05) is 13.7 Å². The molecule has 0 aromatic heterocycles. The maximum Gasteiger partial charge on any atom is 0.437 e. The lowest BCUT2D eigenvalue weighted by atomic mass is 9.86. The first-order valence-corrected chi connectivity index (χ1v) is 15.8. The van der Waals surface area contributed by atoms with Gasteiger partial charge in [-0.15, -0.1) is 4.99 Å². The maximum atomic E-state index is 13.2. The van der Waals surface area contributed by atoms with Gasteiger partial charge in [-0.05, 0) is 43.0 Å². The van der Waals surface area contributed by atoms with E-state index in [1.54, 1.807) is 67.6 Å². The van der Waals surface area contributed by atoms with Crippen LogP contribution in [0.4, 0.5) is 9.59 Å². The zero-order valence-electron chi connectivity index (χ0n) is 25.3. The number of methoxy groups -OCH3 is 1. The predicted octanol–water partition coefficient (Wildman–Crippen LogP) is 3.67. The highest BCUT2D eigenvalue weighted by Crippen LogP contribution is 2.36. The summed E-state index contributed by atoms with van der Waals surface area (Å²) in [5, 5.41) is 5.18. The fourth-order valence-corrected chi connectivity index (χ4v) is 6.22. The lowest BCUT2D eigenvalue weighted by Gasteiger charge is -2.43. The molecule has 46 heavy (non-hydrogen) atoms. The van der Waals surface area contributed by atoms with Crippen molar-refractivity contribution in [3.63, 3.8) is 0 Å². The Bertz CT molecular complexity index is 1660. The van der Waals surface area contributed by atoms with E-state index < -0.39 is 46.0 Å². The first-order chi connectivity index (χ1) is 22.1. The molecule has 0 saturated carbocycles. The fraction of sp³-hybridized carbons (Fsp3) is 0.281. The van der Waals surface area contributed by atoms with Crippen LogP contribution in [0.25, 0.3) is 0 Å². The summed E-state index contributed by atoms with van der Waals surface area (Å²) >= 11 is 0. The minimum absolute atomic E-state index is 0.0287. The average molecular weight is 651 g/mol. The number of carbonyl (C=O) groups is 4. The van der Waals surface area contributed by atoms with Crippen molar-refractivity contribution in [2.45, 2.75) is 43.9 Å². The van der Waals surface area contributed by atoms with Crippen LogP contribution in [0.3, 0.4) is 0 Å². The van der Waals surface area contributed by atoms with Crippen LogP contribution >= 0.6 is 0 Å². The number of nitrogens with zero attached hydrogens (tertiary/aromatic N) is 2. The smallest absolute Gasteiger partial charge is 0.437 e. The van der Waals surface area contributed by atoms with Crippen LogP contribution in [-0.2, 0) is 47.0 Å². The lowest BCUT2D eigenvalue weighted by Crippen LogP contribution is -2.66. The van der Waals surface area contributed by atoms with E-state index in [9.17, 15) is 27.6 Å². The zero-order valence-corrected chi connectivity index (χ0v) is 26.1. The SMILES string of the molecule is COC(=O)[C@@H]1[C@@H](CCCNC(=NC(=O)OCc2ccccc2)NC(=O)OCc2ccccc2)C(=O)N1S(=O)(=O)c1ccc(C)cc1. The number of guanidine groups is 1. The predicted molar refractivity (Wildman–Crippen MR) is 166 cm³/mol. The summed E-state index contributed by atoms with van der Waals surface area (Å²) < 4.78 is 42.2. The number of aliphatic imine (C=N–C) groups is 1. The van der Waals surface area contributed by atoms with Crippen LogP contribution in [-0.4, -0.2) is 62.4 Å². The number of esters is 1. The van der Waals surface area contributed by atoms with Gasteiger partial charge in [0.05, 0.1) is 17.9 Å². The molecule has 4 rings (SSSR count). The number of ether oxygens (including phenoxy) is 3. The highest BCUT2D eigenvalue weighted by molar-refractivity contribution is 7.89. The highest BCUT2D eigenvalue weighted by atomic mass is 32.2. The van der Waals surface area contributed by atoms with E-state index in [0.717, 1.165) is 23.8 Å². The van der Waals surface area contributed by atoms with Gasteiger partial charge in [0.1, 0.15) is 13.2 Å². The number of nitrogens with one attached hydrogen (secondary N) is 2. The molecule has 13 nitrogen and oxygen atoms in total. The molecule has 14 heteroatoms. The van der Waals surface area contributed by atoms with E-state index in [4.69, 9.17) is 14.2 Å². The Hall–Kier alpha value is -5.24. The van der Waals surface area contributed by atoms with E-state index in [-0.39, 0.29) is 43.5 Å². The van der Waals surface area contributed by atoms with Gasteiger partial charge in [0.2, 0.25) is 11.9 Å². The molecule has 3 aromatic rings. The van der Waals surface area contributed by atoms with E-state index in [1.807, 2.05) is 12.1 Å². The summed E-state index contributed by atoms with van der Waals surface area (Å²) in [5.74, 6) is -2.82. The largest absolute Gasteiger partial charge is 0.467 e. The van der Waals surface area contributed by atoms with Crippen molar-refractivity contribution in [1.82, 2.24) is 14.9 Å². The van der Waals surface area contributed by atoms with Crippen molar-refractivity contribution < 1.29 is 41.8 Å². The molecular weight excluding hydrogens is 616 g/mol. The Morgan fingerprint density at radius 1 is 0.870 bits per heavy atom. The molecule has 1 aliphatic heterocycles. The quantitative estimate of drug-likeness (QED) is 0.0780. The number of aryl methyl sites for hydroxylation is 1. The first-order valence-electron chi connectivity index (χ1n) is 14.3. The highest BCUT2D eigenvalue weighted by Gasteiger charge is 2.57. The third-order valence-corrected chi connectivity index (χ3v) is 8.81. The fourth-order valence-electron chi connectivity index (χ4n) is 4.61. The van der Waals surface area contributed by atoms with Crippen LogP contribution in [0.2, 0.25) is 0 Å². The van der Waals surface area contributed by atoms with Crippen LogP contribution in [0.15, 0.2) is 94.8 Å².